The Morgan fingerprint density at radius 3 is 2.72 bits per heavy atom. The Balaban J connectivity index is 2.86. The summed E-state index contributed by atoms with van der Waals surface area (Å²) in [6, 6.07) is -0.140. The predicted octanol–water partition coefficient (Wildman–Crippen LogP) is 1.07. The van der Waals surface area contributed by atoms with Gasteiger partial charge in [-0.3, -0.25) is 5.10 Å². The lowest BCUT2D eigenvalue weighted by atomic mass is 10.2. The third kappa shape index (κ3) is 3.54. The summed E-state index contributed by atoms with van der Waals surface area (Å²) in [4.78, 5) is 0. The van der Waals surface area contributed by atoms with Crippen LogP contribution in [-0.2, 0) is 16.6 Å². The number of H-pyrrole nitrogens is 1. The minimum Gasteiger partial charge on any atom is -0.392 e. The van der Waals surface area contributed by atoms with Gasteiger partial charge in [0.05, 0.1) is 6.61 Å². The molecule has 0 aliphatic rings. The number of nitrogens with one attached hydrogen (secondary N) is 2. The Hall–Kier alpha value is -0.920. The van der Waals surface area contributed by atoms with Gasteiger partial charge in [-0.15, -0.1) is 0 Å². The van der Waals surface area contributed by atoms with E-state index in [9.17, 15) is 13.5 Å². The molecule has 6 nitrogen and oxygen atoms in total. The number of sulfonamides is 1. The van der Waals surface area contributed by atoms with Crippen LogP contribution < -0.4 is 4.72 Å². The number of aromatic amines is 1. The van der Waals surface area contributed by atoms with Gasteiger partial charge in [-0.2, -0.15) is 5.10 Å². The molecule has 0 aliphatic carbocycles. The van der Waals surface area contributed by atoms with Gasteiger partial charge in [-0.25, -0.2) is 13.1 Å². The minimum absolute atomic E-state index is 0.106. The fraction of sp³-hybridized carbons (Fsp3) is 0.727. The molecular formula is C11H21N3O3S. The first-order valence-corrected chi connectivity index (χ1v) is 7.57. The molecular weight excluding hydrogens is 254 g/mol. The summed E-state index contributed by atoms with van der Waals surface area (Å²) in [5.41, 5.74) is 0.893. The molecule has 3 N–H and O–H groups in total. The molecule has 0 fully saturated rings. The van der Waals surface area contributed by atoms with Gasteiger partial charge in [0, 0.05) is 17.3 Å². The zero-order chi connectivity index (χ0) is 13.8. The molecule has 0 aliphatic heterocycles. The van der Waals surface area contributed by atoms with Gasteiger partial charge in [0.1, 0.15) is 0 Å². The topological polar surface area (TPSA) is 95.1 Å². The fourth-order valence-corrected chi connectivity index (χ4v) is 3.20. The smallest absolute Gasteiger partial charge is 0.260 e. The van der Waals surface area contributed by atoms with Gasteiger partial charge >= 0.3 is 0 Å². The molecule has 0 saturated carbocycles. The predicted molar refractivity (Wildman–Crippen MR) is 68.6 cm³/mol. The molecule has 0 saturated heterocycles. The molecule has 7 heteroatoms. The number of nitrogens with zero attached hydrogens (tertiary/aromatic N) is 1. The van der Waals surface area contributed by atoms with E-state index in [1.54, 1.807) is 6.92 Å². The van der Waals surface area contributed by atoms with Crippen LogP contribution in [0.1, 0.15) is 44.4 Å². The number of aliphatic hydroxyl groups is 1. The van der Waals surface area contributed by atoms with Crippen molar-refractivity contribution < 1.29 is 13.5 Å². The first kappa shape index (κ1) is 15.1. The Morgan fingerprint density at radius 1 is 1.50 bits per heavy atom. The number of aryl methyl sites for hydroxylation is 1. The Bertz CT molecular complexity index is 482. The van der Waals surface area contributed by atoms with Crippen molar-refractivity contribution in [2.75, 3.05) is 0 Å². The second kappa shape index (κ2) is 6.31. The van der Waals surface area contributed by atoms with Crippen LogP contribution in [0.2, 0.25) is 0 Å². The molecule has 1 aromatic heterocycles. The number of unbranched alkanes of at least 4 members (excludes halogenated alkanes) is 1. The third-order valence-corrected chi connectivity index (χ3v) is 4.36. The molecule has 1 atom stereocenters. The van der Waals surface area contributed by atoms with Gasteiger partial charge in [-0.1, -0.05) is 19.8 Å². The van der Waals surface area contributed by atoms with E-state index in [2.05, 4.69) is 21.8 Å². The average Bonchev–Trinajstić information content (AvgIpc) is 2.67. The van der Waals surface area contributed by atoms with Crippen LogP contribution in [-0.4, -0.2) is 29.8 Å². The molecule has 0 bridgehead atoms. The highest BCUT2D eigenvalue weighted by molar-refractivity contribution is 7.89. The molecule has 1 rings (SSSR count). The summed E-state index contributed by atoms with van der Waals surface area (Å²) in [7, 11) is -3.66. The normalized spacial score (nSPS) is 13.8. The van der Waals surface area contributed by atoms with Crippen molar-refractivity contribution >= 4 is 10.0 Å². The largest absolute Gasteiger partial charge is 0.392 e. The maximum absolute atomic E-state index is 12.1. The van der Waals surface area contributed by atoms with Crippen LogP contribution in [0.3, 0.4) is 0 Å². The molecule has 104 valence electrons. The summed E-state index contributed by atoms with van der Waals surface area (Å²) in [5.74, 6) is 0. The van der Waals surface area contributed by atoms with E-state index < -0.39 is 10.0 Å². The van der Waals surface area contributed by atoms with Crippen LogP contribution in [0.4, 0.5) is 0 Å². The number of rotatable bonds is 7. The summed E-state index contributed by atoms with van der Waals surface area (Å²) >= 11 is 0. The highest BCUT2D eigenvalue weighted by Gasteiger charge is 2.24. The van der Waals surface area contributed by atoms with E-state index >= 15 is 0 Å². The standard InChI is InChI=1S/C11H21N3O3S/c1-4-5-6-8(2)14-18(16,17)11-10(7-15)9(3)12-13-11/h8,14-15H,4-7H2,1-3H3,(H,12,13). The van der Waals surface area contributed by atoms with Crippen molar-refractivity contribution in [2.45, 2.75) is 57.7 Å². The summed E-state index contributed by atoms with van der Waals surface area (Å²) in [6.07, 6.45) is 2.78. The highest BCUT2D eigenvalue weighted by Crippen LogP contribution is 2.16. The Kier molecular flexibility index (Phi) is 5.30. The lowest BCUT2D eigenvalue weighted by Gasteiger charge is -2.13. The van der Waals surface area contributed by atoms with Crippen molar-refractivity contribution in [3.05, 3.63) is 11.3 Å². The molecule has 0 spiro atoms. The van der Waals surface area contributed by atoms with Crippen LogP contribution in [0.15, 0.2) is 5.03 Å². The van der Waals surface area contributed by atoms with Crippen LogP contribution in [0, 0.1) is 6.92 Å². The maximum atomic E-state index is 12.1. The van der Waals surface area contributed by atoms with Crippen molar-refractivity contribution in [1.82, 2.24) is 14.9 Å². The van der Waals surface area contributed by atoms with E-state index in [0.29, 0.717) is 11.3 Å². The van der Waals surface area contributed by atoms with Crippen molar-refractivity contribution in [1.29, 1.82) is 0 Å². The van der Waals surface area contributed by atoms with Gasteiger partial charge in [0.2, 0.25) is 0 Å². The first-order chi connectivity index (χ1) is 8.42. The molecule has 0 radical (unpaired) electrons. The molecule has 1 heterocycles. The first-order valence-electron chi connectivity index (χ1n) is 6.09. The zero-order valence-corrected chi connectivity index (χ0v) is 11.8. The molecule has 0 amide bonds. The van der Waals surface area contributed by atoms with E-state index in [-0.39, 0.29) is 17.7 Å². The molecule has 18 heavy (non-hydrogen) atoms. The number of hydrogen-bond donors (Lipinski definition) is 3. The molecule has 1 unspecified atom stereocenters. The highest BCUT2D eigenvalue weighted by atomic mass is 32.2. The van der Waals surface area contributed by atoms with E-state index in [1.165, 1.54) is 0 Å². The minimum atomic E-state index is -3.66. The van der Waals surface area contributed by atoms with Crippen LogP contribution in [0.5, 0.6) is 0 Å². The van der Waals surface area contributed by atoms with Crippen LogP contribution in [0.25, 0.3) is 0 Å². The summed E-state index contributed by atoms with van der Waals surface area (Å²) in [6.45, 7) is 5.22. The Labute approximate surface area is 108 Å². The van der Waals surface area contributed by atoms with Gasteiger partial charge in [-0.05, 0) is 20.3 Å². The van der Waals surface area contributed by atoms with Gasteiger partial charge < -0.3 is 5.11 Å². The van der Waals surface area contributed by atoms with Crippen molar-refractivity contribution in [3.8, 4) is 0 Å². The maximum Gasteiger partial charge on any atom is 0.260 e. The lowest BCUT2D eigenvalue weighted by Crippen LogP contribution is -2.33. The third-order valence-electron chi connectivity index (χ3n) is 2.80. The second-order valence-corrected chi connectivity index (χ2v) is 6.08. The molecule has 1 aromatic rings. The van der Waals surface area contributed by atoms with Crippen LogP contribution >= 0.6 is 0 Å². The summed E-state index contributed by atoms with van der Waals surface area (Å²) < 4.78 is 26.8. The SMILES string of the molecule is CCCCC(C)NS(=O)(=O)c1n[nH]c(C)c1CO. The Morgan fingerprint density at radius 2 is 2.17 bits per heavy atom. The van der Waals surface area contributed by atoms with Gasteiger partial charge in [0.25, 0.3) is 10.0 Å². The average molecular weight is 275 g/mol. The van der Waals surface area contributed by atoms with E-state index in [0.717, 1.165) is 19.3 Å². The molecule has 0 aromatic carbocycles. The zero-order valence-electron chi connectivity index (χ0n) is 11.0. The number of hydrogen-bond acceptors (Lipinski definition) is 4. The monoisotopic (exact) mass is 275 g/mol. The van der Waals surface area contributed by atoms with Crippen molar-refractivity contribution in [3.63, 3.8) is 0 Å². The van der Waals surface area contributed by atoms with Gasteiger partial charge in [0.15, 0.2) is 5.03 Å². The van der Waals surface area contributed by atoms with Crippen molar-refractivity contribution in [2.24, 2.45) is 0 Å². The fourth-order valence-electron chi connectivity index (χ4n) is 1.73. The van der Waals surface area contributed by atoms with E-state index in [1.807, 2.05) is 6.92 Å². The quantitative estimate of drug-likeness (QED) is 0.693. The number of aliphatic hydroxyl groups excluding tert-OH is 1. The summed E-state index contributed by atoms with van der Waals surface area (Å²) in [5, 5.41) is 15.4. The number of aromatic nitrogens is 2. The lowest BCUT2D eigenvalue weighted by molar-refractivity contribution is 0.277. The second-order valence-electron chi connectivity index (χ2n) is 4.45. The van der Waals surface area contributed by atoms with E-state index in [4.69, 9.17) is 0 Å².